The van der Waals surface area contributed by atoms with Crippen LogP contribution in [0.2, 0.25) is 0 Å². The fourth-order valence-corrected chi connectivity index (χ4v) is 6.11. The number of benzene rings is 2. The topological polar surface area (TPSA) is 79.8 Å². The van der Waals surface area contributed by atoms with E-state index in [-0.39, 0.29) is 4.90 Å². The molecule has 1 saturated heterocycles. The molecule has 4 rings (SSSR count). The SMILES string of the molecule is Cc1ccc(S(=O)(=O)CC(=O)N(CCCN2CCOCC2)c2nc3ccc(C)cc3s2)cc1. The number of morpholine rings is 1. The highest BCUT2D eigenvalue weighted by molar-refractivity contribution is 7.92. The number of nitrogens with zero attached hydrogens (tertiary/aromatic N) is 3. The molecule has 0 bridgehead atoms. The van der Waals surface area contributed by atoms with Crippen LogP contribution in [0.25, 0.3) is 10.2 Å². The van der Waals surface area contributed by atoms with E-state index < -0.39 is 21.5 Å². The van der Waals surface area contributed by atoms with Crippen molar-refractivity contribution in [1.82, 2.24) is 9.88 Å². The molecule has 1 aliphatic heterocycles. The molecule has 3 aromatic rings. The number of carbonyl (C=O) groups excluding carboxylic acids is 1. The second kappa shape index (κ2) is 10.3. The molecule has 33 heavy (non-hydrogen) atoms. The molecule has 0 saturated carbocycles. The Morgan fingerprint density at radius 3 is 2.52 bits per heavy atom. The van der Waals surface area contributed by atoms with Gasteiger partial charge in [-0.25, -0.2) is 13.4 Å². The summed E-state index contributed by atoms with van der Waals surface area (Å²) in [5.74, 6) is -1.03. The summed E-state index contributed by atoms with van der Waals surface area (Å²) < 4.78 is 32.3. The maximum atomic E-state index is 13.3. The maximum absolute atomic E-state index is 13.3. The quantitative estimate of drug-likeness (QED) is 0.484. The predicted octanol–water partition coefficient (Wildman–Crippen LogP) is 3.44. The van der Waals surface area contributed by atoms with E-state index in [0.717, 1.165) is 47.4 Å². The summed E-state index contributed by atoms with van der Waals surface area (Å²) >= 11 is 1.42. The normalized spacial score (nSPS) is 15.1. The molecule has 0 unspecified atom stereocenters. The zero-order valence-electron chi connectivity index (χ0n) is 19.0. The van der Waals surface area contributed by atoms with Gasteiger partial charge in [0.1, 0.15) is 5.75 Å². The van der Waals surface area contributed by atoms with Crippen LogP contribution < -0.4 is 4.90 Å². The second-order valence-corrected chi connectivity index (χ2v) is 11.4. The lowest BCUT2D eigenvalue weighted by Gasteiger charge is -2.27. The van der Waals surface area contributed by atoms with Gasteiger partial charge in [0.05, 0.1) is 28.3 Å². The Hall–Kier alpha value is -2.33. The van der Waals surface area contributed by atoms with Gasteiger partial charge in [-0.05, 0) is 50.1 Å². The Balaban J connectivity index is 1.55. The number of aromatic nitrogens is 1. The molecule has 1 amide bonds. The third kappa shape index (κ3) is 5.97. The maximum Gasteiger partial charge on any atom is 0.244 e. The average Bonchev–Trinajstić information content (AvgIpc) is 3.20. The number of aryl methyl sites for hydroxylation is 2. The summed E-state index contributed by atoms with van der Waals surface area (Å²) in [6, 6.07) is 12.6. The molecule has 7 nitrogen and oxygen atoms in total. The van der Waals surface area contributed by atoms with Gasteiger partial charge in [-0.3, -0.25) is 14.6 Å². The zero-order valence-corrected chi connectivity index (χ0v) is 20.6. The first-order chi connectivity index (χ1) is 15.8. The highest BCUT2D eigenvalue weighted by atomic mass is 32.2. The van der Waals surface area contributed by atoms with E-state index in [9.17, 15) is 13.2 Å². The van der Waals surface area contributed by atoms with E-state index >= 15 is 0 Å². The van der Waals surface area contributed by atoms with Crippen molar-refractivity contribution in [2.75, 3.05) is 50.0 Å². The van der Waals surface area contributed by atoms with Crippen molar-refractivity contribution in [3.63, 3.8) is 0 Å². The predicted molar refractivity (Wildman–Crippen MR) is 132 cm³/mol. The lowest BCUT2D eigenvalue weighted by Crippen LogP contribution is -2.40. The number of sulfone groups is 1. The van der Waals surface area contributed by atoms with Crippen molar-refractivity contribution in [3.05, 3.63) is 53.6 Å². The second-order valence-electron chi connectivity index (χ2n) is 8.39. The van der Waals surface area contributed by atoms with E-state index in [1.54, 1.807) is 29.2 Å². The van der Waals surface area contributed by atoms with Crippen LogP contribution in [0.5, 0.6) is 0 Å². The number of amides is 1. The molecule has 2 heterocycles. The van der Waals surface area contributed by atoms with Crippen molar-refractivity contribution >= 4 is 42.4 Å². The lowest BCUT2D eigenvalue weighted by atomic mass is 10.2. The summed E-state index contributed by atoms with van der Waals surface area (Å²) in [4.78, 5) is 22.0. The van der Waals surface area contributed by atoms with E-state index in [1.807, 2.05) is 32.0 Å². The van der Waals surface area contributed by atoms with Crippen molar-refractivity contribution in [2.24, 2.45) is 0 Å². The summed E-state index contributed by atoms with van der Waals surface area (Å²) in [5, 5.41) is 0.543. The Bertz CT molecular complexity index is 1220. The fraction of sp³-hybridized carbons (Fsp3) is 0.417. The van der Waals surface area contributed by atoms with Crippen LogP contribution in [0.3, 0.4) is 0 Å². The number of thiazole rings is 1. The van der Waals surface area contributed by atoms with Crippen molar-refractivity contribution in [3.8, 4) is 0 Å². The average molecular weight is 488 g/mol. The molecular weight excluding hydrogens is 458 g/mol. The van der Waals surface area contributed by atoms with Crippen molar-refractivity contribution < 1.29 is 17.9 Å². The Labute approximate surface area is 198 Å². The number of fused-ring (bicyclic) bond motifs is 1. The standard InChI is InChI=1S/C24H29N3O4S2/c1-18-4-7-20(8-5-18)33(29,30)17-23(28)27(11-3-10-26-12-14-31-15-13-26)24-25-21-9-6-19(2)16-22(21)32-24/h4-9,16H,3,10-15,17H2,1-2H3. The molecule has 0 aliphatic carbocycles. The molecule has 9 heteroatoms. The molecule has 2 aromatic carbocycles. The Kier molecular flexibility index (Phi) is 7.43. The van der Waals surface area contributed by atoms with Gasteiger partial charge in [-0.1, -0.05) is 35.1 Å². The Morgan fingerprint density at radius 2 is 1.79 bits per heavy atom. The van der Waals surface area contributed by atoms with Gasteiger partial charge in [0.2, 0.25) is 5.91 Å². The van der Waals surface area contributed by atoms with Crippen LogP contribution in [0.15, 0.2) is 47.4 Å². The highest BCUT2D eigenvalue weighted by Crippen LogP contribution is 2.30. The van der Waals surface area contributed by atoms with Crippen LogP contribution in [0, 0.1) is 13.8 Å². The van der Waals surface area contributed by atoms with Crippen LogP contribution in [-0.2, 0) is 19.4 Å². The van der Waals surface area contributed by atoms with E-state index in [4.69, 9.17) is 4.74 Å². The van der Waals surface area contributed by atoms with E-state index in [2.05, 4.69) is 9.88 Å². The molecule has 0 spiro atoms. The Morgan fingerprint density at radius 1 is 1.09 bits per heavy atom. The number of anilines is 1. The summed E-state index contributed by atoms with van der Waals surface area (Å²) in [7, 11) is -3.75. The van der Waals surface area contributed by atoms with E-state index in [1.165, 1.54) is 11.3 Å². The van der Waals surface area contributed by atoms with Crippen LogP contribution >= 0.6 is 11.3 Å². The number of hydrogen-bond donors (Lipinski definition) is 0. The minimum atomic E-state index is -3.75. The van der Waals surface area contributed by atoms with Crippen LogP contribution in [-0.4, -0.2) is 69.4 Å². The van der Waals surface area contributed by atoms with Gasteiger partial charge < -0.3 is 4.74 Å². The third-order valence-electron chi connectivity index (χ3n) is 5.72. The van der Waals surface area contributed by atoms with Gasteiger partial charge in [-0.2, -0.15) is 0 Å². The van der Waals surface area contributed by atoms with Gasteiger partial charge >= 0.3 is 0 Å². The number of ether oxygens (including phenoxy) is 1. The molecule has 1 fully saturated rings. The molecular formula is C24H29N3O4S2. The fourth-order valence-electron chi connectivity index (χ4n) is 3.81. The van der Waals surface area contributed by atoms with Crippen LogP contribution in [0.4, 0.5) is 5.13 Å². The molecule has 0 atom stereocenters. The summed E-state index contributed by atoms with van der Waals surface area (Å²) in [6.07, 6.45) is 0.727. The van der Waals surface area contributed by atoms with Gasteiger partial charge in [0.25, 0.3) is 0 Å². The van der Waals surface area contributed by atoms with Crippen LogP contribution in [0.1, 0.15) is 17.5 Å². The number of hydrogen-bond acceptors (Lipinski definition) is 7. The lowest BCUT2D eigenvalue weighted by molar-refractivity contribution is -0.116. The van der Waals surface area contributed by atoms with Gasteiger partial charge in [-0.15, -0.1) is 0 Å². The first-order valence-corrected chi connectivity index (χ1v) is 13.6. The number of rotatable bonds is 8. The minimum Gasteiger partial charge on any atom is -0.379 e. The van der Waals surface area contributed by atoms with Crippen molar-refractivity contribution in [1.29, 1.82) is 0 Å². The molecule has 0 radical (unpaired) electrons. The molecule has 1 aromatic heterocycles. The zero-order chi connectivity index (χ0) is 23.4. The van der Waals surface area contributed by atoms with Gasteiger partial charge in [0.15, 0.2) is 15.0 Å². The first kappa shape index (κ1) is 23.8. The minimum absolute atomic E-state index is 0.162. The summed E-state index contributed by atoms with van der Waals surface area (Å²) in [6.45, 7) is 8.32. The highest BCUT2D eigenvalue weighted by Gasteiger charge is 2.26. The van der Waals surface area contributed by atoms with E-state index in [0.29, 0.717) is 24.9 Å². The van der Waals surface area contributed by atoms with Gasteiger partial charge in [0, 0.05) is 26.2 Å². The largest absolute Gasteiger partial charge is 0.379 e. The van der Waals surface area contributed by atoms with Crippen molar-refractivity contribution in [2.45, 2.75) is 25.2 Å². The smallest absolute Gasteiger partial charge is 0.244 e. The molecule has 0 N–H and O–H groups in total. The molecule has 176 valence electrons. The summed E-state index contributed by atoms with van der Waals surface area (Å²) in [5.41, 5.74) is 2.90. The monoisotopic (exact) mass is 487 g/mol. The number of carbonyl (C=O) groups is 1. The molecule has 1 aliphatic rings. The first-order valence-electron chi connectivity index (χ1n) is 11.1. The third-order valence-corrected chi connectivity index (χ3v) is 8.38.